The van der Waals surface area contributed by atoms with Crippen molar-refractivity contribution in [2.24, 2.45) is 5.92 Å². The Balaban J connectivity index is 2.18. The van der Waals surface area contributed by atoms with Gasteiger partial charge < -0.3 is 10.2 Å². The zero-order valence-electron chi connectivity index (χ0n) is 12.1. The lowest BCUT2D eigenvalue weighted by Crippen LogP contribution is -2.36. The van der Waals surface area contributed by atoms with Crippen molar-refractivity contribution in [1.29, 1.82) is 0 Å². The maximum absolute atomic E-state index is 4.65. The van der Waals surface area contributed by atoms with E-state index in [1.165, 1.54) is 18.4 Å². The Kier molecular flexibility index (Phi) is 5.22. The Bertz CT molecular complexity index is 420. The summed E-state index contributed by atoms with van der Waals surface area (Å²) in [4.78, 5) is 7.10. The molecule has 0 amide bonds. The summed E-state index contributed by atoms with van der Waals surface area (Å²) in [6.45, 7) is 9.82. The van der Waals surface area contributed by atoms with Crippen LogP contribution in [0.15, 0.2) is 16.7 Å². The zero-order valence-corrected chi connectivity index (χ0v) is 13.7. The van der Waals surface area contributed by atoms with Crippen molar-refractivity contribution in [2.45, 2.75) is 46.2 Å². The van der Waals surface area contributed by atoms with E-state index in [1.54, 1.807) is 0 Å². The first-order valence-electron chi connectivity index (χ1n) is 7.19. The molecule has 106 valence electrons. The molecular formula is C15H24BrN3. The molecule has 3 nitrogen and oxygen atoms in total. The molecule has 0 saturated carbocycles. The number of halogens is 1. The van der Waals surface area contributed by atoms with Crippen LogP contribution in [0.3, 0.4) is 0 Å². The third-order valence-corrected chi connectivity index (χ3v) is 4.00. The van der Waals surface area contributed by atoms with Gasteiger partial charge in [-0.2, -0.15) is 0 Å². The van der Waals surface area contributed by atoms with Gasteiger partial charge in [0.05, 0.1) is 0 Å². The second-order valence-electron chi connectivity index (χ2n) is 5.87. The second kappa shape index (κ2) is 6.71. The largest absolute Gasteiger partial charge is 0.356 e. The summed E-state index contributed by atoms with van der Waals surface area (Å²) in [5, 5.41) is 3.49. The first kappa shape index (κ1) is 14.8. The van der Waals surface area contributed by atoms with Crippen LogP contribution in [0.5, 0.6) is 0 Å². The summed E-state index contributed by atoms with van der Waals surface area (Å²) in [5.41, 5.74) is 1.29. The van der Waals surface area contributed by atoms with Crippen LogP contribution in [0.2, 0.25) is 0 Å². The maximum Gasteiger partial charge on any atom is 0.133 e. The van der Waals surface area contributed by atoms with Gasteiger partial charge in [0.25, 0.3) is 0 Å². The van der Waals surface area contributed by atoms with Crippen molar-refractivity contribution in [2.75, 3.05) is 18.0 Å². The Morgan fingerprint density at radius 2 is 2.32 bits per heavy atom. The highest BCUT2D eigenvalue weighted by molar-refractivity contribution is 9.10. The summed E-state index contributed by atoms with van der Waals surface area (Å²) in [7, 11) is 0. The molecule has 0 spiro atoms. The van der Waals surface area contributed by atoms with Gasteiger partial charge in [0, 0.05) is 41.9 Å². The van der Waals surface area contributed by atoms with Crippen LogP contribution in [0, 0.1) is 5.92 Å². The van der Waals surface area contributed by atoms with Gasteiger partial charge in [-0.05, 0) is 40.8 Å². The van der Waals surface area contributed by atoms with Crippen molar-refractivity contribution in [3.05, 3.63) is 22.3 Å². The van der Waals surface area contributed by atoms with Gasteiger partial charge in [0.2, 0.25) is 0 Å². The van der Waals surface area contributed by atoms with Gasteiger partial charge >= 0.3 is 0 Å². The van der Waals surface area contributed by atoms with Gasteiger partial charge in [-0.1, -0.05) is 20.8 Å². The number of piperidine rings is 1. The Hall–Kier alpha value is -0.610. The highest BCUT2D eigenvalue weighted by Gasteiger charge is 2.20. The normalized spacial score (nSPS) is 20.1. The van der Waals surface area contributed by atoms with E-state index in [0.717, 1.165) is 35.8 Å². The Morgan fingerprint density at radius 1 is 1.53 bits per heavy atom. The minimum Gasteiger partial charge on any atom is -0.356 e. The molecular weight excluding hydrogens is 302 g/mol. The van der Waals surface area contributed by atoms with E-state index in [2.05, 4.69) is 58.0 Å². The van der Waals surface area contributed by atoms with E-state index < -0.39 is 0 Å². The maximum atomic E-state index is 4.65. The van der Waals surface area contributed by atoms with Crippen LogP contribution >= 0.6 is 15.9 Å². The number of anilines is 1. The van der Waals surface area contributed by atoms with Gasteiger partial charge in [-0.25, -0.2) is 4.98 Å². The summed E-state index contributed by atoms with van der Waals surface area (Å²) in [6.07, 6.45) is 4.52. The number of nitrogens with one attached hydrogen (secondary N) is 1. The molecule has 4 heteroatoms. The van der Waals surface area contributed by atoms with Gasteiger partial charge in [0.1, 0.15) is 5.82 Å². The number of pyridine rings is 1. The summed E-state index contributed by atoms with van der Waals surface area (Å²) in [6, 6.07) is 2.68. The van der Waals surface area contributed by atoms with Crippen molar-refractivity contribution in [3.8, 4) is 0 Å². The molecule has 1 atom stereocenters. The van der Waals surface area contributed by atoms with Gasteiger partial charge in [-0.3, -0.25) is 0 Å². The molecule has 1 aromatic heterocycles. The quantitative estimate of drug-likeness (QED) is 0.917. The van der Waals surface area contributed by atoms with E-state index in [9.17, 15) is 0 Å². The summed E-state index contributed by atoms with van der Waals surface area (Å²) >= 11 is 3.53. The summed E-state index contributed by atoms with van der Waals surface area (Å²) in [5.74, 6) is 1.92. The topological polar surface area (TPSA) is 28.2 Å². The zero-order chi connectivity index (χ0) is 13.8. The molecule has 0 aromatic carbocycles. The number of rotatable bonds is 4. The van der Waals surface area contributed by atoms with E-state index in [4.69, 9.17) is 0 Å². The Labute approximate surface area is 124 Å². The number of hydrogen-bond acceptors (Lipinski definition) is 3. The highest BCUT2D eigenvalue weighted by atomic mass is 79.9. The van der Waals surface area contributed by atoms with Crippen LogP contribution in [0.25, 0.3) is 0 Å². The summed E-state index contributed by atoms with van der Waals surface area (Å²) < 4.78 is 1.06. The fraction of sp³-hybridized carbons (Fsp3) is 0.667. The fourth-order valence-corrected chi connectivity index (χ4v) is 2.96. The van der Waals surface area contributed by atoms with Crippen molar-refractivity contribution in [3.63, 3.8) is 0 Å². The molecule has 1 N–H and O–H groups in total. The highest BCUT2D eigenvalue weighted by Crippen LogP contribution is 2.26. The fourth-order valence-electron chi connectivity index (χ4n) is 2.58. The molecule has 1 aromatic rings. The molecule has 1 saturated heterocycles. The number of nitrogens with zero attached hydrogens (tertiary/aromatic N) is 2. The van der Waals surface area contributed by atoms with Crippen LogP contribution in [-0.2, 0) is 6.54 Å². The molecule has 1 aliphatic rings. The van der Waals surface area contributed by atoms with E-state index >= 15 is 0 Å². The van der Waals surface area contributed by atoms with Gasteiger partial charge in [-0.15, -0.1) is 0 Å². The third-order valence-electron chi connectivity index (χ3n) is 3.57. The smallest absolute Gasteiger partial charge is 0.133 e. The standard InChI is InChI=1S/C15H24BrN3/c1-11(2)17-8-13-7-14(16)9-18-15(13)19-6-4-5-12(3)10-19/h7,9,11-12,17H,4-6,8,10H2,1-3H3. The first-order valence-corrected chi connectivity index (χ1v) is 7.98. The number of aromatic nitrogens is 1. The Morgan fingerprint density at radius 3 is 3.00 bits per heavy atom. The SMILES string of the molecule is CC1CCCN(c2ncc(Br)cc2CNC(C)C)C1. The monoisotopic (exact) mass is 325 g/mol. The van der Waals surface area contributed by atoms with E-state index in [-0.39, 0.29) is 0 Å². The van der Waals surface area contributed by atoms with Crippen molar-refractivity contribution < 1.29 is 0 Å². The number of hydrogen-bond donors (Lipinski definition) is 1. The molecule has 0 radical (unpaired) electrons. The lowest BCUT2D eigenvalue weighted by molar-refractivity contribution is 0.443. The van der Waals surface area contributed by atoms with Crippen molar-refractivity contribution >= 4 is 21.7 Å². The lowest BCUT2D eigenvalue weighted by atomic mass is 10.00. The molecule has 0 bridgehead atoms. The molecule has 1 unspecified atom stereocenters. The molecule has 2 rings (SSSR count). The predicted octanol–water partition coefficient (Wildman–Crippen LogP) is 3.58. The molecule has 1 fully saturated rings. The predicted molar refractivity (Wildman–Crippen MR) is 84.5 cm³/mol. The van der Waals surface area contributed by atoms with Crippen molar-refractivity contribution in [1.82, 2.24) is 10.3 Å². The minimum absolute atomic E-state index is 0.493. The lowest BCUT2D eigenvalue weighted by Gasteiger charge is -2.33. The molecule has 1 aliphatic heterocycles. The van der Waals surface area contributed by atoms with Gasteiger partial charge in [0.15, 0.2) is 0 Å². The van der Waals surface area contributed by atoms with Crippen LogP contribution < -0.4 is 10.2 Å². The average molecular weight is 326 g/mol. The third kappa shape index (κ3) is 4.18. The van der Waals surface area contributed by atoms with Crippen LogP contribution in [0.4, 0.5) is 5.82 Å². The molecule has 0 aliphatic carbocycles. The minimum atomic E-state index is 0.493. The van der Waals surface area contributed by atoms with Crippen LogP contribution in [-0.4, -0.2) is 24.1 Å². The first-order chi connectivity index (χ1) is 9.06. The average Bonchev–Trinajstić information content (AvgIpc) is 2.36. The molecule has 2 heterocycles. The molecule has 19 heavy (non-hydrogen) atoms. The van der Waals surface area contributed by atoms with E-state index in [1.807, 2.05) is 6.20 Å². The van der Waals surface area contributed by atoms with Crippen LogP contribution in [0.1, 0.15) is 39.2 Å². The second-order valence-corrected chi connectivity index (χ2v) is 6.78. The van der Waals surface area contributed by atoms with E-state index in [0.29, 0.717) is 6.04 Å².